The molecule has 2 aromatic rings. The molecule has 0 amide bonds. The van der Waals surface area contributed by atoms with Gasteiger partial charge in [-0.15, -0.1) is 0 Å². The third kappa shape index (κ3) is 5.72. The van der Waals surface area contributed by atoms with Gasteiger partial charge in [0.05, 0.1) is 16.8 Å². The van der Waals surface area contributed by atoms with Crippen LogP contribution < -0.4 is 5.43 Å². The lowest BCUT2D eigenvalue weighted by Gasteiger charge is -2.20. The summed E-state index contributed by atoms with van der Waals surface area (Å²) in [5, 5.41) is 15.2. The molecule has 0 heterocycles. The summed E-state index contributed by atoms with van der Waals surface area (Å²) >= 11 is 0. The highest BCUT2D eigenvalue weighted by atomic mass is 32.2. The third-order valence-corrected chi connectivity index (χ3v) is 6.24. The van der Waals surface area contributed by atoms with Gasteiger partial charge in [-0.05, 0) is 24.1 Å². The number of nitrogens with one attached hydrogen (secondary N) is 1. The number of hydrogen-bond donors (Lipinski definition) is 1. The zero-order valence-corrected chi connectivity index (χ0v) is 17.4. The van der Waals surface area contributed by atoms with Gasteiger partial charge in [-0.25, -0.2) is 8.42 Å². The number of hydrazone groups is 1. The zero-order chi connectivity index (χ0) is 21.4. The lowest BCUT2D eigenvalue weighted by atomic mass is 10.1. The van der Waals surface area contributed by atoms with Crippen LogP contribution in [-0.4, -0.2) is 37.0 Å². The van der Waals surface area contributed by atoms with Gasteiger partial charge in [-0.1, -0.05) is 50.3 Å². The minimum atomic E-state index is -3.91. The minimum Gasteiger partial charge on any atom is -0.277 e. The van der Waals surface area contributed by atoms with Gasteiger partial charge in [0.2, 0.25) is 10.0 Å². The van der Waals surface area contributed by atoms with Crippen LogP contribution in [0.25, 0.3) is 6.08 Å². The Balaban J connectivity index is 2.35. The summed E-state index contributed by atoms with van der Waals surface area (Å²) in [6.07, 6.45) is 3.48. The van der Waals surface area contributed by atoms with Gasteiger partial charge >= 0.3 is 0 Å². The molecule has 0 aliphatic carbocycles. The minimum absolute atomic E-state index is 0.172. The molecule has 0 saturated carbocycles. The van der Waals surface area contributed by atoms with E-state index in [-0.39, 0.29) is 29.4 Å². The first-order chi connectivity index (χ1) is 13.8. The second kappa shape index (κ2) is 9.94. The van der Waals surface area contributed by atoms with Gasteiger partial charge in [0.1, 0.15) is 4.90 Å². The van der Waals surface area contributed by atoms with Gasteiger partial charge in [0.25, 0.3) is 5.69 Å². The van der Waals surface area contributed by atoms with Crippen LogP contribution in [0.3, 0.4) is 0 Å². The molecule has 0 spiro atoms. The van der Waals surface area contributed by atoms with Crippen LogP contribution >= 0.6 is 0 Å². The molecule has 9 heteroatoms. The number of nitrogens with zero attached hydrogens (tertiary/aromatic N) is 3. The largest absolute Gasteiger partial charge is 0.277 e. The van der Waals surface area contributed by atoms with Crippen LogP contribution in [0.15, 0.2) is 64.1 Å². The van der Waals surface area contributed by atoms with E-state index < -0.39 is 14.9 Å². The van der Waals surface area contributed by atoms with Crippen molar-refractivity contribution in [3.8, 4) is 0 Å². The normalized spacial score (nSPS) is 12.5. The van der Waals surface area contributed by atoms with Crippen molar-refractivity contribution in [3.05, 3.63) is 69.8 Å². The Hall–Kier alpha value is -3.04. The Morgan fingerprint density at radius 2 is 1.83 bits per heavy atom. The van der Waals surface area contributed by atoms with Crippen LogP contribution in [0.1, 0.15) is 26.3 Å². The summed E-state index contributed by atoms with van der Waals surface area (Å²) < 4.78 is 27.1. The van der Waals surface area contributed by atoms with E-state index in [1.54, 1.807) is 20.1 Å². The number of hydrogen-bond acceptors (Lipinski definition) is 6. The molecule has 0 bridgehead atoms. The Morgan fingerprint density at radius 3 is 2.41 bits per heavy atom. The maximum atomic E-state index is 12.9. The molecule has 29 heavy (non-hydrogen) atoms. The van der Waals surface area contributed by atoms with E-state index in [0.717, 1.165) is 17.2 Å². The van der Waals surface area contributed by atoms with E-state index in [1.807, 2.05) is 43.3 Å². The van der Waals surface area contributed by atoms with Gasteiger partial charge in [-0.2, -0.15) is 9.41 Å². The Kier molecular flexibility index (Phi) is 7.63. The topological polar surface area (TPSA) is 105 Å². The maximum Gasteiger partial charge on any atom is 0.270 e. The van der Waals surface area contributed by atoms with E-state index in [0.29, 0.717) is 0 Å². The van der Waals surface area contributed by atoms with Crippen molar-refractivity contribution in [2.75, 3.05) is 18.5 Å². The molecule has 8 nitrogen and oxygen atoms in total. The highest BCUT2D eigenvalue weighted by molar-refractivity contribution is 7.89. The maximum absolute atomic E-state index is 12.9. The standard InChI is InChI=1S/C20H24N4O4S/c1-4-23(5-2)29(27,28)20-14-18(24(25)26)11-12-19(20)22-21-15-16(3)13-17-9-7-6-8-10-17/h6-15,22H,4-5H2,1-3H3. The Labute approximate surface area is 170 Å². The highest BCUT2D eigenvalue weighted by Crippen LogP contribution is 2.29. The number of non-ortho nitro benzene ring substituents is 1. The molecule has 0 radical (unpaired) electrons. The van der Waals surface area contributed by atoms with Gasteiger partial charge in [0, 0.05) is 25.2 Å². The molecule has 0 aliphatic heterocycles. The van der Waals surface area contributed by atoms with E-state index >= 15 is 0 Å². The fourth-order valence-electron chi connectivity index (χ4n) is 2.69. The van der Waals surface area contributed by atoms with E-state index in [2.05, 4.69) is 10.5 Å². The van der Waals surface area contributed by atoms with Gasteiger partial charge < -0.3 is 0 Å². The number of benzene rings is 2. The summed E-state index contributed by atoms with van der Waals surface area (Å²) in [7, 11) is -3.91. The number of allylic oxidation sites excluding steroid dienone is 1. The van der Waals surface area contributed by atoms with Crippen LogP contribution in [0, 0.1) is 10.1 Å². The number of nitro benzene ring substituents is 1. The molecular formula is C20H24N4O4S. The number of nitro groups is 1. The highest BCUT2D eigenvalue weighted by Gasteiger charge is 2.27. The quantitative estimate of drug-likeness (QED) is 0.376. The first-order valence-corrected chi connectivity index (χ1v) is 10.5. The van der Waals surface area contributed by atoms with E-state index in [1.165, 1.54) is 16.4 Å². The first kappa shape index (κ1) is 22.3. The smallest absolute Gasteiger partial charge is 0.270 e. The van der Waals surface area contributed by atoms with Crippen molar-refractivity contribution in [1.82, 2.24) is 4.31 Å². The van der Waals surface area contributed by atoms with Gasteiger partial charge in [0.15, 0.2) is 0 Å². The predicted molar refractivity (Wildman–Crippen MR) is 115 cm³/mol. The fourth-order valence-corrected chi connectivity index (χ4v) is 4.31. The van der Waals surface area contributed by atoms with Gasteiger partial charge in [-0.3, -0.25) is 15.5 Å². The second-order valence-corrected chi connectivity index (χ2v) is 8.10. The molecule has 0 unspecified atom stereocenters. The summed E-state index contributed by atoms with van der Waals surface area (Å²) in [6.45, 7) is 5.79. The molecular weight excluding hydrogens is 392 g/mol. The van der Waals surface area contributed by atoms with Crippen molar-refractivity contribution in [2.45, 2.75) is 25.7 Å². The summed E-state index contributed by atoms with van der Waals surface area (Å²) in [6, 6.07) is 13.3. The molecule has 0 aliphatic rings. The molecule has 154 valence electrons. The molecule has 0 fully saturated rings. The Morgan fingerprint density at radius 1 is 1.17 bits per heavy atom. The Bertz CT molecular complexity index is 1010. The second-order valence-electron chi connectivity index (χ2n) is 6.20. The number of sulfonamides is 1. The van der Waals surface area contributed by atoms with E-state index in [4.69, 9.17) is 0 Å². The summed E-state index contributed by atoms with van der Waals surface area (Å²) in [5.74, 6) is 0. The summed E-state index contributed by atoms with van der Waals surface area (Å²) in [5.41, 5.74) is 4.43. The van der Waals surface area contributed by atoms with Crippen LogP contribution in [0.4, 0.5) is 11.4 Å². The summed E-state index contributed by atoms with van der Waals surface area (Å²) in [4.78, 5) is 10.3. The molecule has 0 atom stereocenters. The molecule has 0 aromatic heterocycles. The SMILES string of the molecule is CCN(CC)S(=O)(=O)c1cc([N+](=O)[O-])ccc1NN=CC(C)=Cc1ccccc1. The zero-order valence-electron chi connectivity index (χ0n) is 16.6. The van der Waals surface area contributed by atoms with Crippen molar-refractivity contribution < 1.29 is 13.3 Å². The van der Waals surface area contributed by atoms with Crippen LogP contribution in [0.2, 0.25) is 0 Å². The van der Waals surface area contributed by atoms with E-state index in [9.17, 15) is 18.5 Å². The molecule has 2 aromatic carbocycles. The fraction of sp³-hybridized carbons (Fsp3) is 0.250. The van der Waals surface area contributed by atoms with Crippen molar-refractivity contribution in [1.29, 1.82) is 0 Å². The third-order valence-electron chi connectivity index (χ3n) is 4.15. The predicted octanol–water partition coefficient (Wildman–Crippen LogP) is 4.13. The first-order valence-electron chi connectivity index (χ1n) is 9.10. The monoisotopic (exact) mass is 416 g/mol. The van der Waals surface area contributed by atoms with Crippen LogP contribution in [-0.2, 0) is 10.0 Å². The van der Waals surface area contributed by atoms with Crippen molar-refractivity contribution in [2.24, 2.45) is 5.10 Å². The lowest BCUT2D eigenvalue weighted by molar-refractivity contribution is -0.385. The van der Waals surface area contributed by atoms with Crippen molar-refractivity contribution >= 4 is 33.7 Å². The number of anilines is 1. The van der Waals surface area contributed by atoms with Crippen LogP contribution in [0.5, 0.6) is 0 Å². The number of rotatable bonds is 9. The van der Waals surface area contributed by atoms with Crippen molar-refractivity contribution in [3.63, 3.8) is 0 Å². The average Bonchev–Trinajstić information content (AvgIpc) is 2.69. The molecule has 1 N–H and O–H groups in total. The molecule has 2 rings (SSSR count). The lowest BCUT2D eigenvalue weighted by Crippen LogP contribution is -2.31. The average molecular weight is 417 g/mol. The molecule has 0 saturated heterocycles.